The minimum Gasteiger partial charge on any atom is -0.366 e. The fourth-order valence-corrected chi connectivity index (χ4v) is 2.16. The molecule has 90 valence electrons. The molecule has 4 heteroatoms. The van der Waals surface area contributed by atoms with Gasteiger partial charge in [-0.15, -0.1) is 12.4 Å². The molecule has 0 spiro atoms. The van der Waals surface area contributed by atoms with Gasteiger partial charge in [0.05, 0.1) is 0 Å². The second-order valence-corrected chi connectivity index (χ2v) is 4.59. The normalized spacial score (nSPS) is 20.4. The first kappa shape index (κ1) is 13.6. The number of aryl methyl sites for hydroxylation is 1. The Hall–Kier alpha value is -0.440. The van der Waals surface area contributed by atoms with Crippen molar-refractivity contribution < 1.29 is 0 Å². The molecule has 1 aromatic carbocycles. The molecular weight excluding hydrogens is 243 g/mol. The molecule has 1 aliphatic rings. The number of nitrogens with one attached hydrogen (secondary N) is 1. The Labute approximate surface area is 108 Å². The van der Waals surface area contributed by atoms with Gasteiger partial charge in [-0.25, -0.2) is 0 Å². The SMILES string of the molecule is Cc1ccc(N2CCNC[C@@H]2C)cc1Cl.Cl. The Balaban J connectivity index is 0.00000128. The van der Waals surface area contributed by atoms with Gasteiger partial charge in [0.2, 0.25) is 0 Å². The van der Waals surface area contributed by atoms with Crippen molar-refractivity contribution in [3.05, 3.63) is 28.8 Å². The molecule has 0 radical (unpaired) electrons. The Morgan fingerprint density at radius 2 is 2.19 bits per heavy atom. The van der Waals surface area contributed by atoms with Gasteiger partial charge in [0.25, 0.3) is 0 Å². The number of hydrogen-bond donors (Lipinski definition) is 1. The maximum Gasteiger partial charge on any atom is 0.0455 e. The Bertz CT molecular complexity index is 355. The summed E-state index contributed by atoms with van der Waals surface area (Å²) < 4.78 is 0. The summed E-state index contributed by atoms with van der Waals surface area (Å²) in [7, 11) is 0. The van der Waals surface area contributed by atoms with Crippen molar-refractivity contribution in [1.29, 1.82) is 0 Å². The topological polar surface area (TPSA) is 15.3 Å². The lowest BCUT2D eigenvalue weighted by Crippen LogP contribution is -2.49. The van der Waals surface area contributed by atoms with Crippen molar-refractivity contribution in [2.24, 2.45) is 0 Å². The number of hydrogen-bond acceptors (Lipinski definition) is 2. The van der Waals surface area contributed by atoms with Crippen molar-refractivity contribution in [2.45, 2.75) is 19.9 Å². The van der Waals surface area contributed by atoms with E-state index in [1.165, 1.54) is 5.69 Å². The molecule has 0 unspecified atom stereocenters. The third kappa shape index (κ3) is 2.82. The van der Waals surface area contributed by atoms with Gasteiger partial charge >= 0.3 is 0 Å². The van der Waals surface area contributed by atoms with Crippen LogP contribution in [0.4, 0.5) is 5.69 Å². The first-order valence-electron chi connectivity index (χ1n) is 5.42. The molecule has 1 heterocycles. The van der Waals surface area contributed by atoms with E-state index in [0.29, 0.717) is 6.04 Å². The lowest BCUT2D eigenvalue weighted by atomic mass is 10.1. The summed E-state index contributed by atoms with van der Waals surface area (Å²) in [5, 5.41) is 4.25. The van der Waals surface area contributed by atoms with Crippen LogP contribution >= 0.6 is 24.0 Å². The fraction of sp³-hybridized carbons (Fsp3) is 0.500. The predicted octanol–water partition coefficient (Wildman–Crippen LogP) is 2.87. The van der Waals surface area contributed by atoms with Crippen molar-refractivity contribution in [2.75, 3.05) is 24.5 Å². The van der Waals surface area contributed by atoms with Gasteiger partial charge in [0, 0.05) is 36.4 Å². The molecule has 1 aliphatic heterocycles. The van der Waals surface area contributed by atoms with Crippen molar-refractivity contribution in [3.8, 4) is 0 Å². The Morgan fingerprint density at radius 1 is 1.44 bits per heavy atom. The molecule has 16 heavy (non-hydrogen) atoms. The quantitative estimate of drug-likeness (QED) is 0.836. The van der Waals surface area contributed by atoms with E-state index in [9.17, 15) is 0 Å². The molecular formula is C12H18Cl2N2. The molecule has 1 saturated heterocycles. The average molecular weight is 261 g/mol. The summed E-state index contributed by atoms with van der Waals surface area (Å²) >= 11 is 6.14. The van der Waals surface area contributed by atoms with Crippen molar-refractivity contribution >= 4 is 29.7 Å². The number of piperazine rings is 1. The maximum absolute atomic E-state index is 6.14. The lowest BCUT2D eigenvalue weighted by Gasteiger charge is -2.36. The van der Waals surface area contributed by atoms with Crippen LogP contribution in [0.1, 0.15) is 12.5 Å². The van der Waals surface area contributed by atoms with Gasteiger partial charge < -0.3 is 10.2 Å². The number of rotatable bonds is 1. The highest BCUT2D eigenvalue weighted by Gasteiger charge is 2.18. The number of anilines is 1. The minimum absolute atomic E-state index is 0. The highest BCUT2D eigenvalue weighted by Crippen LogP contribution is 2.24. The molecule has 0 amide bonds. The van der Waals surface area contributed by atoms with Crippen LogP contribution in [0.25, 0.3) is 0 Å². The second kappa shape index (κ2) is 5.76. The average Bonchev–Trinajstić information content (AvgIpc) is 2.23. The summed E-state index contributed by atoms with van der Waals surface area (Å²) in [5.41, 5.74) is 2.38. The molecule has 0 saturated carbocycles. The monoisotopic (exact) mass is 260 g/mol. The van der Waals surface area contributed by atoms with Gasteiger partial charge in [-0.1, -0.05) is 17.7 Å². The van der Waals surface area contributed by atoms with Crippen LogP contribution in [-0.2, 0) is 0 Å². The van der Waals surface area contributed by atoms with Gasteiger partial charge in [0.1, 0.15) is 0 Å². The van der Waals surface area contributed by atoms with Crippen LogP contribution in [0.2, 0.25) is 5.02 Å². The van der Waals surface area contributed by atoms with Gasteiger partial charge in [0.15, 0.2) is 0 Å². The van der Waals surface area contributed by atoms with Crippen molar-refractivity contribution in [1.82, 2.24) is 5.32 Å². The Morgan fingerprint density at radius 3 is 2.81 bits per heavy atom. The van der Waals surface area contributed by atoms with Crippen molar-refractivity contribution in [3.63, 3.8) is 0 Å². The highest BCUT2D eigenvalue weighted by atomic mass is 35.5. The lowest BCUT2D eigenvalue weighted by molar-refractivity contribution is 0.501. The summed E-state index contributed by atoms with van der Waals surface area (Å²) in [6.07, 6.45) is 0. The first-order chi connectivity index (χ1) is 7.18. The standard InChI is InChI=1S/C12H17ClN2.ClH/c1-9-3-4-11(7-12(9)13)15-6-5-14-8-10(15)2;/h3-4,7,10,14H,5-6,8H2,1-2H3;1H/t10-;/m0./s1. The summed E-state index contributed by atoms with van der Waals surface area (Å²) in [5.74, 6) is 0. The van der Waals surface area contributed by atoms with E-state index in [2.05, 4.69) is 35.3 Å². The van der Waals surface area contributed by atoms with E-state index < -0.39 is 0 Å². The van der Waals surface area contributed by atoms with Crippen LogP contribution in [0.15, 0.2) is 18.2 Å². The third-order valence-electron chi connectivity index (χ3n) is 2.99. The molecule has 1 atom stereocenters. The maximum atomic E-state index is 6.14. The number of halogens is 2. The highest BCUT2D eigenvalue weighted by molar-refractivity contribution is 6.31. The minimum atomic E-state index is 0. The number of nitrogens with zero attached hydrogens (tertiary/aromatic N) is 1. The summed E-state index contributed by atoms with van der Waals surface area (Å²) in [6, 6.07) is 6.85. The zero-order valence-electron chi connectivity index (χ0n) is 9.66. The molecule has 1 fully saturated rings. The first-order valence-corrected chi connectivity index (χ1v) is 5.80. The second-order valence-electron chi connectivity index (χ2n) is 4.18. The molecule has 0 bridgehead atoms. The van der Waals surface area contributed by atoms with Crippen LogP contribution < -0.4 is 10.2 Å². The van der Waals surface area contributed by atoms with Crippen LogP contribution in [-0.4, -0.2) is 25.7 Å². The van der Waals surface area contributed by atoms with E-state index >= 15 is 0 Å². The van der Waals surface area contributed by atoms with Gasteiger partial charge in [-0.3, -0.25) is 0 Å². The van der Waals surface area contributed by atoms with E-state index in [0.717, 1.165) is 30.2 Å². The largest absolute Gasteiger partial charge is 0.366 e. The fourth-order valence-electron chi connectivity index (χ4n) is 1.99. The molecule has 1 aromatic rings. The van der Waals surface area contributed by atoms with Gasteiger partial charge in [-0.05, 0) is 31.5 Å². The molecule has 0 aromatic heterocycles. The van der Waals surface area contributed by atoms with E-state index in [-0.39, 0.29) is 12.4 Å². The summed E-state index contributed by atoms with van der Waals surface area (Å²) in [4.78, 5) is 2.40. The van der Waals surface area contributed by atoms with Crippen LogP contribution in [0.3, 0.4) is 0 Å². The number of benzene rings is 1. The molecule has 1 N–H and O–H groups in total. The smallest absolute Gasteiger partial charge is 0.0455 e. The van der Waals surface area contributed by atoms with Gasteiger partial charge in [-0.2, -0.15) is 0 Å². The molecule has 2 rings (SSSR count). The predicted molar refractivity (Wildman–Crippen MR) is 73.1 cm³/mol. The Kier molecular flexibility index (Phi) is 4.90. The molecule has 0 aliphatic carbocycles. The third-order valence-corrected chi connectivity index (χ3v) is 3.40. The van der Waals surface area contributed by atoms with Crippen LogP contribution in [0.5, 0.6) is 0 Å². The van der Waals surface area contributed by atoms with E-state index in [1.54, 1.807) is 0 Å². The van der Waals surface area contributed by atoms with E-state index in [1.807, 2.05) is 6.92 Å². The molecule has 2 nitrogen and oxygen atoms in total. The van der Waals surface area contributed by atoms with Crippen LogP contribution in [0, 0.1) is 6.92 Å². The zero-order valence-corrected chi connectivity index (χ0v) is 11.2. The zero-order chi connectivity index (χ0) is 10.8. The van der Waals surface area contributed by atoms with E-state index in [4.69, 9.17) is 11.6 Å². The summed E-state index contributed by atoms with van der Waals surface area (Å²) in [6.45, 7) is 7.43.